The van der Waals surface area contributed by atoms with Crippen LogP contribution in [0.2, 0.25) is 5.02 Å². The third-order valence-electron chi connectivity index (χ3n) is 4.56. The Bertz CT molecular complexity index is 912. The predicted octanol–water partition coefficient (Wildman–Crippen LogP) is 4.12. The molecule has 1 amide bonds. The third kappa shape index (κ3) is 3.91. The molecule has 0 fully saturated rings. The minimum Gasteiger partial charge on any atom is -0.497 e. The molecule has 2 N–H and O–H groups in total. The smallest absolute Gasteiger partial charge is 0.255 e. The second kappa shape index (κ2) is 7.98. The van der Waals surface area contributed by atoms with E-state index in [0.717, 1.165) is 17.0 Å². The van der Waals surface area contributed by atoms with Crippen molar-refractivity contribution in [2.45, 2.75) is 13.0 Å². The van der Waals surface area contributed by atoms with E-state index in [-0.39, 0.29) is 5.91 Å². The van der Waals surface area contributed by atoms with E-state index in [4.69, 9.17) is 28.6 Å². The van der Waals surface area contributed by atoms with Crippen molar-refractivity contribution in [1.29, 1.82) is 0 Å². The summed E-state index contributed by atoms with van der Waals surface area (Å²) >= 11 is 11.8. The highest BCUT2D eigenvalue weighted by Crippen LogP contribution is 2.34. The van der Waals surface area contributed by atoms with Crippen LogP contribution in [0.4, 0.5) is 5.69 Å². The van der Waals surface area contributed by atoms with Crippen LogP contribution >= 0.6 is 23.8 Å². The molecule has 0 saturated heterocycles. The summed E-state index contributed by atoms with van der Waals surface area (Å²) in [5, 5.41) is 7.28. The molecule has 1 atom stereocenters. The first-order valence-electron chi connectivity index (χ1n) is 8.37. The lowest BCUT2D eigenvalue weighted by Gasteiger charge is -2.36. The van der Waals surface area contributed by atoms with E-state index >= 15 is 0 Å². The highest BCUT2D eigenvalue weighted by molar-refractivity contribution is 7.80. The zero-order valence-electron chi connectivity index (χ0n) is 15.2. The number of rotatable bonds is 4. The highest BCUT2D eigenvalue weighted by atomic mass is 35.5. The Kier molecular flexibility index (Phi) is 5.68. The van der Waals surface area contributed by atoms with Crippen LogP contribution in [0.15, 0.2) is 59.8 Å². The van der Waals surface area contributed by atoms with Gasteiger partial charge in [0.1, 0.15) is 5.75 Å². The molecule has 0 spiro atoms. The van der Waals surface area contributed by atoms with Crippen LogP contribution in [0, 0.1) is 0 Å². The van der Waals surface area contributed by atoms with Crippen LogP contribution in [0.5, 0.6) is 5.75 Å². The standard InChI is InChI=1S/C20H20ClN3O2S/c1-12-17(19(25)22-13-8-10-14(26-3)11-9-13)18(23-20(27)24(12)2)15-6-4-5-7-16(15)21/h4-11,18H,1-3H3,(H,22,25)(H,23,27). The number of hydrogen-bond donors (Lipinski definition) is 2. The van der Waals surface area contributed by atoms with Gasteiger partial charge in [-0.2, -0.15) is 0 Å². The first kappa shape index (κ1) is 19.2. The highest BCUT2D eigenvalue weighted by Gasteiger charge is 2.33. The van der Waals surface area contributed by atoms with Gasteiger partial charge in [0, 0.05) is 23.5 Å². The molecule has 2 aromatic carbocycles. The maximum absolute atomic E-state index is 13.1. The Morgan fingerprint density at radius 2 is 1.89 bits per heavy atom. The molecule has 140 valence electrons. The second-order valence-corrected chi connectivity index (χ2v) is 6.94. The molecule has 7 heteroatoms. The molecular formula is C20H20ClN3O2S. The monoisotopic (exact) mass is 401 g/mol. The fourth-order valence-corrected chi connectivity index (χ4v) is 3.44. The van der Waals surface area contributed by atoms with E-state index in [0.29, 0.717) is 21.4 Å². The molecule has 27 heavy (non-hydrogen) atoms. The van der Waals surface area contributed by atoms with Crippen molar-refractivity contribution in [3.63, 3.8) is 0 Å². The van der Waals surface area contributed by atoms with Gasteiger partial charge in [0.2, 0.25) is 0 Å². The average Bonchev–Trinajstić information content (AvgIpc) is 2.66. The quantitative estimate of drug-likeness (QED) is 0.755. The Morgan fingerprint density at radius 3 is 2.52 bits per heavy atom. The van der Waals surface area contributed by atoms with Crippen molar-refractivity contribution in [3.05, 3.63) is 70.4 Å². The lowest BCUT2D eigenvalue weighted by molar-refractivity contribution is -0.113. The van der Waals surface area contributed by atoms with E-state index in [1.165, 1.54) is 0 Å². The molecule has 0 aromatic heterocycles. The van der Waals surface area contributed by atoms with Gasteiger partial charge in [0.25, 0.3) is 5.91 Å². The number of benzene rings is 2. The number of nitrogens with zero attached hydrogens (tertiary/aromatic N) is 1. The molecule has 0 saturated carbocycles. The maximum Gasteiger partial charge on any atom is 0.255 e. The SMILES string of the molecule is COc1ccc(NC(=O)C2=C(C)N(C)C(=S)NC2c2ccccc2Cl)cc1. The zero-order chi connectivity index (χ0) is 19.6. The first-order chi connectivity index (χ1) is 12.9. The largest absolute Gasteiger partial charge is 0.497 e. The van der Waals surface area contributed by atoms with Crippen LogP contribution in [-0.4, -0.2) is 30.1 Å². The van der Waals surface area contributed by atoms with Crippen LogP contribution in [0.3, 0.4) is 0 Å². The minimum absolute atomic E-state index is 0.218. The molecular weight excluding hydrogens is 382 g/mol. The molecule has 5 nitrogen and oxygen atoms in total. The van der Waals surface area contributed by atoms with E-state index in [1.54, 1.807) is 42.3 Å². The van der Waals surface area contributed by atoms with E-state index in [1.807, 2.05) is 32.2 Å². The number of allylic oxidation sites excluding steroid dienone is 1. The van der Waals surface area contributed by atoms with Crippen LogP contribution < -0.4 is 15.4 Å². The molecule has 0 aliphatic carbocycles. The molecule has 1 heterocycles. The molecule has 0 bridgehead atoms. The number of nitrogens with one attached hydrogen (secondary N) is 2. The molecule has 1 aliphatic heterocycles. The van der Waals surface area contributed by atoms with Gasteiger partial charge in [0.05, 0.1) is 18.7 Å². The molecule has 1 unspecified atom stereocenters. The van der Waals surface area contributed by atoms with Crippen molar-refractivity contribution in [1.82, 2.24) is 10.2 Å². The van der Waals surface area contributed by atoms with Gasteiger partial charge in [-0.1, -0.05) is 29.8 Å². The molecule has 0 radical (unpaired) electrons. The third-order valence-corrected chi connectivity index (χ3v) is 5.30. The molecule has 1 aliphatic rings. The predicted molar refractivity (Wildman–Crippen MR) is 112 cm³/mol. The van der Waals surface area contributed by atoms with Gasteiger partial charge in [-0.05, 0) is 55.0 Å². The summed E-state index contributed by atoms with van der Waals surface area (Å²) in [6.45, 7) is 1.87. The van der Waals surface area contributed by atoms with Crippen molar-refractivity contribution < 1.29 is 9.53 Å². The van der Waals surface area contributed by atoms with E-state index in [9.17, 15) is 4.79 Å². The number of methoxy groups -OCH3 is 1. The fourth-order valence-electron chi connectivity index (χ4n) is 2.94. The van der Waals surface area contributed by atoms with Gasteiger partial charge in [0.15, 0.2) is 5.11 Å². The number of hydrogen-bond acceptors (Lipinski definition) is 3. The summed E-state index contributed by atoms with van der Waals surface area (Å²) in [7, 11) is 3.43. The molecule has 3 rings (SSSR count). The summed E-state index contributed by atoms with van der Waals surface area (Å²) in [4.78, 5) is 14.9. The van der Waals surface area contributed by atoms with Crippen molar-refractivity contribution >= 4 is 40.5 Å². The van der Waals surface area contributed by atoms with Gasteiger partial charge in [-0.15, -0.1) is 0 Å². The zero-order valence-corrected chi connectivity index (χ0v) is 16.8. The van der Waals surface area contributed by atoms with Gasteiger partial charge >= 0.3 is 0 Å². The average molecular weight is 402 g/mol. The topological polar surface area (TPSA) is 53.6 Å². The number of carbonyl (C=O) groups is 1. The Labute approximate surface area is 169 Å². The number of thiocarbonyl (C=S) groups is 1. The summed E-state index contributed by atoms with van der Waals surface area (Å²) in [5.74, 6) is 0.506. The second-order valence-electron chi connectivity index (χ2n) is 6.14. The maximum atomic E-state index is 13.1. The Balaban J connectivity index is 1.97. The van der Waals surface area contributed by atoms with Gasteiger partial charge in [-0.3, -0.25) is 4.79 Å². The van der Waals surface area contributed by atoms with Gasteiger partial charge in [-0.25, -0.2) is 0 Å². The lowest BCUT2D eigenvalue weighted by atomic mass is 9.94. The number of amides is 1. The number of carbonyl (C=O) groups excluding carboxylic acids is 1. The number of ether oxygens (including phenoxy) is 1. The summed E-state index contributed by atoms with van der Waals surface area (Å²) < 4.78 is 5.15. The van der Waals surface area contributed by atoms with E-state index < -0.39 is 6.04 Å². The van der Waals surface area contributed by atoms with Gasteiger partial charge < -0.3 is 20.3 Å². The summed E-state index contributed by atoms with van der Waals surface area (Å²) in [6.07, 6.45) is 0. The Hall–Kier alpha value is -2.57. The van der Waals surface area contributed by atoms with Crippen molar-refractivity contribution in [2.75, 3.05) is 19.5 Å². The first-order valence-corrected chi connectivity index (χ1v) is 9.15. The van der Waals surface area contributed by atoms with Crippen LogP contribution in [0.25, 0.3) is 0 Å². The van der Waals surface area contributed by atoms with Crippen LogP contribution in [0.1, 0.15) is 18.5 Å². The Morgan fingerprint density at radius 1 is 1.22 bits per heavy atom. The number of halogens is 1. The normalized spacial score (nSPS) is 16.8. The fraction of sp³-hybridized carbons (Fsp3) is 0.200. The lowest BCUT2D eigenvalue weighted by Crippen LogP contribution is -2.46. The molecule has 2 aromatic rings. The summed E-state index contributed by atoms with van der Waals surface area (Å²) in [5.41, 5.74) is 2.81. The van der Waals surface area contributed by atoms with E-state index in [2.05, 4.69) is 10.6 Å². The van der Waals surface area contributed by atoms with Crippen molar-refractivity contribution in [3.8, 4) is 5.75 Å². The van der Waals surface area contributed by atoms with Crippen LogP contribution in [-0.2, 0) is 4.79 Å². The van der Waals surface area contributed by atoms with Crippen molar-refractivity contribution in [2.24, 2.45) is 0 Å². The summed E-state index contributed by atoms with van der Waals surface area (Å²) in [6, 6.07) is 14.2. The number of anilines is 1. The minimum atomic E-state index is -0.430.